The zero-order valence-electron chi connectivity index (χ0n) is 18.8. The molecule has 2 aliphatic rings. The van der Waals surface area contributed by atoms with Gasteiger partial charge in [-0.1, -0.05) is 6.07 Å². The molecule has 1 saturated heterocycles. The minimum atomic E-state index is -0.283. The van der Waals surface area contributed by atoms with Crippen LogP contribution in [0.4, 0.5) is 0 Å². The highest BCUT2D eigenvalue weighted by Crippen LogP contribution is 2.38. The number of carbonyl (C=O) groups excluding carboxylic acids is 3. The molecule has 1 aromatic heterocycles. The van der Waals surface area contributed by atoms with Gasteiger partial charge in [0.1, 0.15) is 29.5 Å². The lowest BCUT2D eigenvalue weighted by molar-refractivity contribution is -0.131. The van der Waals surface area contributed by atoms with Crippen molar-refractivity contribution in [2.45, 2.75) is 32.1 Å². The van der Waals surface area contributed by atoms with E-state index >= 15 is 0 Å². The van der Waals surface area contributed by atoms with E-state index in [1.165, 1.54) is 0 Å². The molecule has 2 heterocycles. The summed E-state index contributed by atoms with van der Waals surface area (Å²) in [5, 5.41) is 3.00. The molecule has 1 amide bonds. The standard InChI is InChI=1S/C26H28N2O5/c1-17(29)28-10-8-27(9-11-28)12-13-32-20-4-6-21-18(14-20)2-7-25-26(21)23(16-33-25)22-5-3-19(30)15-24(22)31/h2,4,6-7,14,16,22H,3,5,8-13,15H2,1H3/t22-/m1/s1. The van der Waals surface area contributed by atoms with Crippen LogP contribution in [0.15, 0.2) is 41.0 Å². The van der Waals surface area contributed by atoms with Crippen molar-refractivity contribution >= 4 is 39.2 Å². The van der Waals surface area contributed by atoms with Crippen LogP contribution in [-0.2, 0) is 14.4 Å². The third-order valence-corrected chi connectivity index (χ3v) is 6.90. The van der Waals surface area contributed by atoms with Gasteiger partial charge in [-0.15, -0.1) is 0 Å². The number of hydrogen-bond donors (Lipinski definition) is 0. The van der Waals surface area contributed by atoms with Gasteiger partial charge in [0.2, 0.25) is 5.91 Å². The smallest absolute Gasteiger partial charge is 0.219 e. The lowest BCUT2D eigenvalue weighted by Gasteiger charge is -2.34. The van der Waals surface area contributed by atoms with E-state index in [1.54, 1.807) is 13.2 Å². The number of furan rings is 1. The van der Waals surface area contributed by atoms with Gasteiger partial charge in [0.25, 0.3) is 0 Å². The van der Waals surface area contributed by atoms with Crippen LogP contribution in [0.2, 0.25) is 0 Å². The number of piperazine rings is 1. The highest BCUT2D eigenvalue weighted by molar-refractivity contribution is 6.11. The summed E-state index contributed by atoms with van der Waals surface area (Å²) in [7, 11) is 0. The first-order valence-corrected chi connectivity index (χ1v) is 11.6. The van der Waals surface area contributed by atoms with E-state index in [-0.39, 0.29) is 29.8 Å². The van der Waals surface area contributed by atoms with Crippen molar-refractivity contribution in [3.05, 3.63) is 42.2 Å². The summed E-state index contributed by atoms with van der Waals surface area (Å²) in [6, 6.07) is 9.93. The predicted molar refractivity (Wildman–Crippen MR) is 125 cm³/mol. The Kier molecular flexibility index (Phi) is 5.89. The molecule has 1 saturated carbocycles. The molecule has 0 bridgehead atoms. The van der Waals surface area contributed by atoms with Gasteiger partial charge in [-0.05, 0) is 41.5 Å². The van der Waals surface area contributed by atoms with E-state index in [0.29, 0.717) is 19.4 Å². The zero-order valence-corrected chi connectivity index (χ0v) is 18.8. The summed E-state index contributed by atoms with van der Waals surface area (Å²) in [5.41, 5.74) is 1.63. The fourth-order valence-corrected chi connectivity index (χ4v) is 5.00. The highest BCUT2D eigenvalue weighted by Gasteiger charge is 2.31. The molecule has 1 atom stereocenters. The van der Waals surface area contributed by atoms with Crippen molar-refractivity contribution in [1.82, 2.24) is 9.80 Å². The summed E-state index contributed by atoms with van der Waals surface area (Å²) in [5.74, 6) is 0.660. The normalized spacial score (nSPS) is 20.0. The van der Waals surface area contributed by atoms with Crippen LogP contribution in [0, 0.1) is 0 Å². The van der Waals surface area contributed by atoms with Crippen LogP contribution >= 0.6 is 0 Å². The summed E-state index contributed by atoms with van der Waals surface area (Å²) in [6.07, 6.45) is 2.68. The van der Waals surface area contributed by atoms with Gasteiger partial charge in [-0.3, -0.25) is 19.3 Å². The van der Waals surface area contributed by atoms with Crippen LogP contribution in [0.5, 0.6) is 5.75 Å². The number of carbonyl (C=O) groups is 3. The molecule has 172 valence electrons. The number of nitrogens with zero attached hydrogens (tertiary/aromatic N) is 2. The van der Waals surface area contributed by atoms with Gasteiger partial charge in [-0.2, -0.15) is 0 Å². The Morgan fingerprint density at radius 1 is 1.12 bits per heavy atom. The molecule has 2 aromatic carbocycles. The number of amides is 1. The first-order valence-electron chi connectivity index (χ1n) is 11.6. The number of ketones is 2. The Morgan fingerprint density at radius 3 is 2.70 bits per heavy atom. The summed E-state index contributed by atoms with van der Waals surface area (Å²) in [6.45, 7) is 6.29. The van der Waals surface area contributed by atoms with Crippen molar-refractivity contribution in [3.8, 4) is 5.75 Å². The van der Waals surface area contributed by atoms with Gasteiger partial charge in [0, 0.05) is 62.9 Å². The van der Waals surface area contributed by atoms with Crippen molar-refractivity contribution in [3.63, 3.8) is 0 Å². The van der Waals surface area contributed by atoms with Crippen LogP contribution in [-0.4, -0.2) is 66.6 Å². The third kappa shape index (κ3) is 4.37. The molecule has 1 aliphatic carbocycles. The Labute approximate surface area is 192 Å². The van der Waals surface area contributed by atoms with Crippen molar-refractivity contribution in [2.75, 3.05) is 39.3 Å². The lowest BCUT2D eigenvalue weighted by Crippen LogP contribution is -2.48. The van der Waals surface area contributed by atoms with E-state index in [0.717, 1.165) is 65.8 Å². The largest absolute Gasteiger partial charge is 0.492 e. The second kappa shape index (κ2) is 8.98. The SMILES string of the molecule is CC(=O)N1CCN(CCOc2ccc3c(ccc4occ([C@H]5CCC(=O)CC5=O)c43)c2)CC1. The van der Waals surface area contributed by atoms with E-state index in [1.807, 2.05) is 35.2 Å². The molecule has 3 aromatic rings. The fraction of sp³-hybridized carbons (Fsp3) is 0.423. The summed E-state index contributed by atoms with van der Waals surface area (Å²) in [4.78, 5) is 39.8. The van der Waals surface area contributed by atoms with E-state index in [2.05, 4.69) is 4.90 Å². The molecular formula is C26H28N2O5. The van der Waals surface area contributed by atoms with Crippen molar-refractivity contribution < 1.29 is 23.5 Å². The average Bonchev–Trinajstić information content (AvgIpc) is 3.23. The maximum absolute atomic E-state index is 12.5. The molecular weight excluding hydrogens is 420 g/mol. The van der Waals surface area contributed by atoms with Gasteiger partial charge in [0.05, 0.1) is 12.7 Å². The maximum Gasteiger partial charge on any atom is 0.219 e. The highest BCUT2D eigenvalue weighted by atomic mass is 16.5. The van der Waals surface area contributed by atoms with Gasteiger partial charge in [0.15, 0.2) is 0 Å². The van der Waals surface area contributed by atoms with Crippen molar-refractivity contribution in [1.29, 1.82) is 0 Å². The number of hydrogen-bond acceptors (Lipinski definition) is 6. The Balaban J connectivity index is 1.30. The molecule has 33 heavy (non-hydrogen) atoms. The molecule has 0 N–H and O–H groups in total. The minimum Gasteiger partial charge on any atom is -0.492 e. The van der Waals surface area contributed by atoms with E-state index in [4.69, 9.17) is 9.15 Å². The topological polar surface area (TPSA) is 80.1 Å². The number of fused-ring (bicyclic) bond motifs is 3. The Morgan fingerprint density at radius 2 is 1.94 bits per heavy atom. The first-order chi connectivity index (χ1) is 16.0. The second-order valence-electron chi connectivity index (χ2n) is 8.98. The van der Waals surface area contributed by atoms with Crippen LogP contribution < -0.4 is 4.74 Å². The first kappa shape index (κ1) is 21.6. The Hall–Kier alpha value is -3.19. The molecule has 5 rings (SSSR count). The second-order valence-corrected chi connectivity index (χ2v) is 8.98. The van der Waals surface area contributed by atoms with Crippen LogP contribution in [0.1, 0.15) is 37.7 Å². The minimum absolute atomic E-state index is 0.0178. The van der Waals surface area contributed by atoms with Gasteiger partial charge in [-0.25, -0.2) is 0 Å². The average molecular weight is 449 g/mol. The van der Waals surface area contributed by atoms with E-state index in [9.17, 15) is 14.4 Å². The van der Waals surface area contributed by atoms with Gasteiger partial charge >= 0.3 is 0 Å². The summed E-state index contributed by atoms with van der Waals surface area (Å²) >= 11 is 0. The molecule has 0 unspecified atom stereocenters. The predicted octanol–water partition coefficient (Wildman–Crippen LogP) is 3.53. The molecule has 2 fully saturated rings. The van der Waals surface area contributed by atoms with Crippen molar-refractivity contribution in [2.24, 2.45) is 0 Å². The van der Waals surface area contributed by atoms with Crippen LogP contribution in [0.3, 0.4) is 0 Å². The Bertz CT molecular complexity index is 1220. The summed E-state index contributed by atoms with van der Waals surface area (Å²) < 4.78 is 11.8. The molecule has 7 nitrogen and oxygen atoms in total. The van der Waals surface area contributed by atoms with Crippen LogP contribution in [0.25, 0.3) is 21.7 Å². The molecule has 0 radical (unpaired) electrons. The van der Waals surface area contributed by atoms with Gasteiger partial charge < -0.3 is 14.1 Å². The molecule has 0 spiro atoms. The lowest BCUT2D eigenvalue weighted by atomic mass is 9.81. The number of rotatable bonds is 5. The third-order valence-electron chi connectivity index (χ3n) is 6.90. The maximum atomic E-state index is 12.5. The zero-order chi connectivity index (χ0) is 22.9. The quantitative estimate of drug-likeness (QED) is 0.556. The number of ether oxygens (including phenoxy) is 1. The molecule has 1 aliphatic heterocycles. The fourth-order valence-electron chi connectivity index (χ4n) is 5.00. The van der Waals surface area contributed by atoms with E-state index < -0.39 is 0 Å². The monoisotopic (exact) mass is 448 g/mol. The number of benzene rings is 2. The molecule has 7 heteroatoms. The number of Topliss-reactive ketones (excluding diaryl/α,β-unsaturated/α-hetero) is 2.